The maximum atomic E-state index is 13.4. The van der Waals surface area contributed by atoms with Crippen molar-refractivity contribution in [2.24, 2.45) is 0 Å². The highest BCUT2D eigenvalue weighted by molar-refractivity contribution is 5.97. The lowest BCUT2D eigenvalue weighted by atomic mass is 10.1. The van der Waals surface area contributed by atoms with E-state index in [4.69, 9.17) is 9.47 Å². The Morgan fingerprint density at radius 2 is 1.80 bits per heavy atom. The number of ketones is 1. The van der Waals surface area contributed by atoms with Crippen LogP contribution in [-0.4, -0.2) is 19.5 Å². The van der Waals surface area contributed by atoms with Gasteiger partial charge >= 0.3 is 0 Å². The largest absolute Gasteiger partial charge is 0.493 e. The van der Waals surface area contributed by atoms with Crippen molar-refractivity contribution < 1.29 is 23.0 Å². The molecule has 0 saturated carbocycles. The molecule has 0 heterocycles. The molecule has 2 aromatic carbocycles. The Balaban J connectivity index is 2.11. The third-order valence-electron chi connectivity index (χ3n) is 2.66. The van der Waals surface area contributed by atoms with Crippen LogP contribution >= 0.6 is 0 Å². The van der Waals surface area contributed by atoms with Crippen molar-refractivity contribution in [3.8, 4) is 11.5 Å². The summed E-state index contributed by atoms with van der Waals surface area (Å²) in [6.45, 7) is -0.402. The molecule has 0 N–H and O–H groups in total. The molecule has 3 nitrogen and oxygen atoms in total. The number of carbonyl (C=O) groups is 1. The molecule has 0 aliphatic heterocycles. The first kappa shape index (κ1) is 14.0. The molecule has 20 heavy (non-hydrogen) atoms. The van der Waals surface area contributed by atoms with Crippen LogP contribution in [0.5, 0.6) is 11.5 Å². The molecule has 5 heteroatoms. The molecule has 0 saturated heterocycles. The molecule has 0 amide bonds. The Hall–Kier alpha value is -2.43. The van der Waals surface area contributed by atoms with Crippen molar-refractivity contribution in [2.45, 2.75) is 0 Å². The highest BCUT2D eigenvalue weighted by atomic mass is 19.1. The number of hydrogen-bond acceptors (Lipinski definition) is 3. The third kappa shape index (κ3) is 3.12. The second-order valence-electron chi connectivity index (χ2n) is 3.99. The zero-order valence-corrected chi connectivity index (χ0v) is 10.7. The summed E-state index contributed by atoms with van der Waals surface area (Å²) in [6.07, 6.45) is 0. The van der Waals surface area contributed by atoms with E-state index in [1.165, 1.54) is 7.11 Å². The van der Waals surface area contributed by atoms with Gasteiger partial charge in [0.05, 0.1) is 12.7 Å². The monoisotopic (exact) mass is 278 g/mol. The average molecular weight is 278 g/mol. The van der Waals surface area contributed by atoms with E-state index in [0.29, 0.717) is 11.5 Å². The number of rotatable bonds is 5. The van der Waals surface area contributed by atoms with E-state index in [0.717, 1.165) is 18.2 Å². The number of benzene rings is 2. The molecule has 104 valence electrons. The standard InChI is InChI=1S/C15H12F2O3/c1-19-14-4-2-3-5-15(14)20-9-13(18)11-8-10(16)6-7-12(11)17/h2-8H,9H2,1H3. The van der Waals surface area contributed by atoms with Crippen LogP contribution < -0.4 is 9.47 Å². The Morgan fingerprint density at radius 3 is 2.50 bits per heavy atom. The molecule has 0 bridgehead atoms. The summed E-state index contributed by atoms with van der Waals surface area (Å²) in [4.78, 5) is 11.8. The molecule has 2 aromatic rings. The number of Topliss-reactive ketones (excluding diaryl/α,β-unsaturated/α-hetero) is 1. The number of ether oxygens (including phenoxy) is 2. The molecule has 0 aromatic heterocycles. The van der Waals surface area contributed by atoms with Gasteiger partial charge in [-0.25, -0.2) is 8.78 Å². The van der Waals surface area contributed by atoms with Crippen LogP contribution in [0.25, 0.3) is 0 Å². The van der Waals surface area contributed by atoms with E-state index >= 15 is 0 Å². The van der Waals surface area contributed by atoms with Gasteiger partial charge in [-0.05, 0) is 30.3 Å². The summed E-state index contributed by atoms with van der Waals surface area (Å²) < 4.78 is 36.8. The molecule has 0 radical (unpaired) electrons. The molecule has 0 atom stereocenters. The molecular weight excluding hydrogens is 266 g/mol. The molecule has 0 unspecified atom stereocenters. The molecule has 0 aliphatic rings. The van der Waals surface area contributed by atoms with Crippen LogP contribution in [0.3, 0.4) is 0 Å². The normalized spacial score (nSPS) is 10.2. The zero-order chi connectivity index (χ0) is 14.5. The van der Waals surface area contributed by atoms with E-state index in [9.17, 15) is 13.6 Å². The fraction of sp³-hybridized carbons (Fsp3) is 0.133. The second kappa shape index (κ2) is 6.14. The number of halogens is 2. The number of methoxy groups -OCH3 is 1. The van der Waals surface area contributed by atoms with Gasteiger partial charge in [-0.3, -0.25) is 4.79 Å². The van der Waals surface area contributed by atoms with E-state index in [1.54, 1.807) is 24.3 Å². The number of para-hydroxylation sites is 2. The van der Waals surface area contributed by atoms with Gasteiger partial charge in [0, 0.05) is 0 Å². The van der Waals surface area contributed by atoms with Gasteiger partial charge in [-0.15, -0.1) is 0 Å². The van der Waals surface area contributed by atoms with Crippen LogP contribution in [0, 0.1) is 11.6 Å². The van der Waals surface area contributed by atoms with Gasteiger partial charge in [0.25, 0.3) is 0 Å². The summed E-state index contributed by atoms with van der Waals surface area (Å²) in [7, 11) is 1.47. The maximum absolute atomic E-state index is 13.4. The predicted octanol–water partition coefficient (Wildman–Crippen LogP) is 3.24. The third-order valence-corrected chi connectivity index (χ3v) is 2.66. The summed E-state index contributed by atoms with van der Waals surface area (Å²) in [6, 6.07) is 9.46. The molecule has 0 fully saturated rings. The van der Waals surface area contributed by atoms with Crippen LogP contribution in [-0.2, 0) is 0 Å². The first-order valence-corrected chi connectivity index (χ1v) is 5.86. The Labute approximate surface area is 114 Å². The lowest BCUT2D eigenvalue weighted by Crippen LogP contribution is -2.14. The summed E-state index contributed by atoms with van der Waals surface area (Å²) >= 11 is 0. The van der Waals surface area contributed by atoms with Gasteiger partial charge in [0.2, 0.25) is 5.78 Å². The molecule has 0 spiro atoms. The van der Waals surface area contributed by atoms with Crippen molar-refractivity contribution in [3.63, 3.8) is 0 Å². The molecule has 0 aliphatic carbocycles. The molecule has 2 rings (SSSR count). The van der Waals surface area contributed by atoms with Crippen molar-refractivity contribution in [2.75, 3.05) is 13.7 Å². The summed E-state index contributed by atoms with van der Waals surface area (Å²) in [5.41, 5.74) is -0.333. The zero-order valence-electron chi connectivity index (χ0n) is 10.7. The minimum Gasteiger partial charge on any atom is -0.493 e. The van der Waals surface area contributed by atoms with Crippen molar-refractivity contribution in [3.05, 3.63) is 59.7 Å². The summed E-state index contributed by atoms with van der Waals surface area (Å²) in [5.74, 6) is -1.28. The average Bonchev–Trinajstić information content (AvgIpc) is 2.47. The lowest BCUT2D eigenvalue weighted by Gasteiger charge is -2.10. The molecular formula is C15H12F2O3. The first-order valence-electron chi connectivity index (χ1n) is 5.86. The minimum atomic E-state index is -0.778. The van der Waals surface area contributed by atoms with E-state index in [2.05, 4.69) is 0 Å². The summed E-state index contributed by atoms with van der Waals surface area (Å²) in [5, 5.41) is 0. The van der Waals surface area contributed by atoms with Gasteiger partial charge in [0.1, 0.15) is 11.6 Å². The Kier molecular flexibility index (Phi) is 4.30. The van der Waals surface area contributed by atoms with Gasteiger partial charge in [-0.1, -0.05) is 12.1 Å². The minimum absolute atomic E-state index is 0.333. The highest BCUT2D eigenvalue weighted by Crippen LogP contribution is 2.25. The van der Waals surface area contributed by atoms with Gasteiger partial charge in [-0.2, -0.15) is 0 Å². The van der Waals surface area contributed by atoms with Crippen molar-refractivity contribution in [1.82, 2.24) is 0 Å². The van der Waals surface area contributed by atoms with Crippen molar-refractivity contribution in [1.29, 1.82) is 0 Å². The van der Waals surface area contributed by atoms with Crippen molar-refractivity contribution >= 4 is 5.78 Å². The maximum Gasteiger partial charge on any atom is 0.203 e. The predicted molar refractivity (Wildman–Crippen MR) is 69.2 cm³/mol. The Morgan fingerprint density at radius 1 is 1.10 bits per heavy atom. The van der Waals surface area contributed by atoms with Crippen LogP contribution in [0.2, 0.25) is 0 Å². The highest BCUT2D eigenvalue weighted by Gasteiger charge is 2.14. The van der Waals surface area contributed by atoms with Gasteiger partial charge < -0.3 is 9.47 Å². The van der Waals surface area contributed by atoms with E-state index < -0.39 is 24.0 Å². The second-order valence-corrected chi connectivity index (χ2v) is 3.99. The van der Waals surface area contributed by atoms with E-state index in [-0.39, 0.29) is 5.56 Å². The fourth-order valence-electron chi connectivity index (χ4n) is 1.67. The van der Waals surface area contributed by atoms with Crippen LogP contribution in [0.15, 0.2) is 42.5 Å². The topological polar surface area (TPSA) is 35.5 Å². The van der Waals surface area contributed by atoms with Crippen LogP contribution in [0.4, 0.5) is 8.78 Å². The smallest absolute Gasteiger partial charge is 0.203 e. The van der Waals surface area contributed by atoms with E-state index in [1.807, 2.05) is 0 Å². The number of carbonyl (C=O) groups excluding carboxylic acids is 1. The number of hydrogen-bond donors (Lipinski definition) is 0. The lowest BCUT2D eigenvalue weighted by molar-refractivity contribution is 0.0915. The first-order chi connectivity index (χ1) is 9.61. The van der Waals surface area contributed by atoms with Crippen LogP contribution in [0.1, 0.15) is 10.4 Å². The fourth-order valence-corrected chi connectivity index (χ4v) is 1.67. The van der Waals surface area contributed by atoms with Gasteiger partial charge in [0.15, 0.2) is 18.1 Å². The SMILES string of the molecule is COc1ccccc1OCC(=O)c1cc(F)ccc1F. The quantitative estimate of drug-likeness (QED) is 0.788. The Bertz CT molecular complexity index is 626.